The van der Waals surface area contributed by atoms with Crippen LogP contribution in [-0.2, 0) is 18.9 Å². The second kappa shape index (κ2) is 18.3. The number of carbonyl (C=O) groups is 2. The van der Waals surface area contributed by atoms with Crippen LogP contribution in [0.5, 0.6) is 0 Å². The standard InChI is InChI=1S/C14H16N2O2.C13H13F5N2O3.2C2H6/c1-9-5-7-11(8-6-9)12-10(2)15(3)14(18)16(4)13(12)17;1-2-9(13(16,17)18)20-6-3-7(14)11(8(15)4-6)12(23)19-5-10(21)22;2*1-2/h5-8H,1-4H3;3-4,9,20H,2,5H2,1H3,(H,19,23)(H,21,22);2*1-2H3. The molecule has 0 radical (unpaired) electrons. The second-order valence-corrected chi connectivity index (χ2v) is 9.07. The van der Waals surface area contributed by atoms with Crippen molar-refractivity contribution in [2.75, 3.05) is 11.9 Å². The molecule has 3 aromatic rings. The molecule has 0 saturated heterocycles. The van der Waals surface area contributed by atoms with Gasteiger partial charge in [0.15, 0.2) is 0 Å². The molecule has 0 saturated carbocycles. The maximum atomic E-state index is 13.8. The number of benzene rings is 2. The molecule has 1 amide bonds. The summed E-state index contributed by atoms with van der Waals surface area (Å²) in [4.78, 5) is 45.7. The van der Waals surface area contributed by atoms with Crippen molar-refractivity contribution in [2.24, 2.45) is 14.1 Å². The van der Waals surface area contributed by atoms with Crippen molar-refractivity contribution in [3.05, 3.63) is 85.7 Å². The maximum Gasteiger partial charge on any atom is 0.408 e. The molecule has 1 heterocycles. The molecule has 14 heteroatoms. The topological polar surface area (TPSA) is 122 Å². The number of halogens is 5. The monoisotopic (exact) mass is 644 g/mol. The summed E-state index contributed by atoms with van der Waals surface area (Å²) in [6.45, 7) is 12.2. The summed E-state index contributed by atoms with van der Waals surface area (Å²) in [6.07, 6.45) is -4.98. The fourth-order valence-corrected chi connectivity index (χ4v) is 3.73. The molecule has 3 rings (SSSR count). The van der Waals surface area contributed by atoms with Crippen LogP contribution in [0.2, 0.25) is 0 Å². The zero-order valence-electron chi connectivity index (χ0n) is 26.8. The van der Waals surface area contributed by atoms with Crippen LogP contribution in [-0.4, -0.2) is 44.9 Å². The lowest BCUT2D eigenvalue weighted by atomic mass is 10.0. The number of hydrogen-bond donors (Lipinski definition) is 3. The molecule has 9 nitrogen and oxygen atoms in total. The van der Waals surface area contributed by atoms with E-state index >= 15 is 0 Å². The van der Waals surface area contributed by atoms with Crippen LogP contribution in [0.25, 0.3) is 11.1 Å². The van der Waals surface area contributed by atoms with E-state index in [4.69, 9.17) is 5.11 Å². The molecule has 0 bridgehead atoms. The van der Waals surface area contributed by atoms with E-state index in [9.17, 15) is 41.1 Å². The van der Waals surface area contributed by atoms with E-state index in [1.165, 1.54) is 18.5 Å². The number of carbonyl (C=O) groups excluding carboxylic acids is 1. The molecule has 3 N–H and O–H groups in total. The van der Waals surface area contributed by atoms with Crippen molar-refractivity contribution < 1.29 is 36.6 Å². The summed E-state index contributed by atoms with van der Waals surface area (Å²) < 4.78 is 68.0. The summed E-state index contributed by atoms with van der Waals surface area (Å²) in [7, 11) is 3.18. The smallest absolute Gasteiger partial charge is 0.408 e. The van der Waals surface area contributed by atoms with Crippen LogP contribution in [0.1, 0.15) is 62.7 Å². The zero-order valence-corrected chi connectivity index (χ0v) is 26.8. The van der Waals surface area contributed by atoms with Crippen LogP contribution < -0.4 is 21.9 Å². The van der Waals surface area contributed by atoms with Crippen molar-refractivity contribution >= 4 is 17.6 Å². The molecule has 2 aromatic carbocycles. The molecule has 0 aliphatic carbocycles. The van der Waals surface area contributed by atoms with Crippen molar-refractivity contribution in [1.82, 2.24) is 14.5 Å². The molecule has 250 valence electrons. The fraction of sp³-hybridized carbons (Fsp3) is 0.419. The number of rotatable bonds is 7. The minimum atomic E-state index is -4.61. The summed E-state index contributed by atoms with van der Waals surface area (Å²) in [6, 6.07) is 6.79. The van der Waals surface area contributed by atoms with Gasteiger partial charge < -0.3 is 20.3 Å². The number of nitrogens with zero attached hydrogens (tertiary/aromatic N) is 2. The normalized spacial score (nSPS) is 11.0. The SMILES string of the molecule is CC.CC.CCC(Nc1cc(F)c(C(=O)NCC(=O)O)c(F)c1)C(F)(F)F.Cc1ccc(-c2c(C)n(C)c(=O)n(C)c2=O)cc1. The lowest BCUT2D eigenvalue weighted by Crippen LogP contribution is -2.39. The van der Waals surface area contributed by atoms with Gasteiger partial charge in [0.05, 0.1) is 5.56 Å². The second-order valence-electron chi connectivity index (χ2n) is 9.07. The number of aliphatic carboxylic acids is 1. The largest absolute Gasteiger partial charge is 0.480 e. The van der Waals surface area contributed by atoms with Gasteiger partial charge in [0.25, 0.3) is 11.5 Å². The Hall–Kier alpha value is -4.49. The Morgan fingerprint density at radius 3 is 1.82 bits per heavy atom. The van der Waals surface area contributed by atoms with Crippen LogP contribution >= 0.6 is 0 Å². The van der Waals surface area contributed by atoms with Crippen molar-refractivity contribution in [3.63, 3.8) is 0 Å². The molecule has 1 unspecified atom stereocenters. The van der Waals surface area contributed by atoms with E-state index in [1.54, 1.807) is 19.3 Å². The van der Waals surface area contributed by atoms with Crippen LogP contribution in [0, 0.1) is 25.5 Å². The number of carboxylic acids is 1. The summed E-state index contributed by atoms with van der Waals surface area (Å²) in [5.74, 6) is -5.56. The Labute approximate surface area is 258 Å². The summed E-state index contributed by atoms with van der Waals surface area (Å²) >= 11 is 0. The van der Waals surface area contributed by atoms with E-state index < -0.39 is 53.5 Å². The van der Waals surface area contributed by atoms with Crippen molar-refractivity contribution in [1.29, 1.82) is 0 Å². The van der Waals surface area contributed by atoms with Gasteiger partial charge in [-0.3, -0.25) is 19.0 Å². The minimum Gasteiger partial charge on any atom is -0.480 e. The zero-order chi connectivity index (χ0) is 35.2. The first-order valence-corrected chi connectivity index (χ1v) is 14.1. The molecule has 0 fully saturated rings. The number of nitrogens with one attached hydrogen (secondary N) is 2. The van der Waals surface area contributed by atoms with E-state index in [-0.39, 0.29) is 17.7 Å². The first kappa shape index (κ1) is 40.5. The van der Waals surface area contributed by atoms with Gasteiger partial charge in [-0.2, -0.15) is 13.2 Å². The molecule has 0 aliphatic rings. The fourth-order valence-electron chi connectivity index (χ4n) is 3.73. The molecule has 45 heavy (non-hydrogen) atoms. The van der Waals surface area contributed by atoms with E-state index in [1.807, 2.05) is 64.2 Å². The summed E-state index contributed by atoms with van der Waals surface area (Å²) in [5, 5.41) is 12.1. The number of amides is 1. The average molecular weight is 645 g/mol. The third kappa shape index (κ3) is 11.2. The Kier molecular flexibility index (Phi) is 16.5. The van der Waals surface area contributed by atoms with Crippen LogP contribution in [0.15, 0.2) is 46.0 Å². The van der Waals surface area contributed by atoms with Crippen molar-refractivity contribution in [2.45, 2.75) is 67.1 Å². The first-order chi connectivity index (χ1) is 21.0. The minimum absolute atomic E-state index is 0.251. The predicted molar refractivity (Wildman–Crippen MR) is 165 cm³/mol. The highest BCUT2D eigenvalue weighted by Crippen LogP contribution is 2.27. The average Bonchev–Trinajstić information content (AvgIpc) is 2.99. The lowest BCUT2D eigenvalue weighted by Gasteiger charge is -2.21. The van der Waals surface area contributed by atoms with Gasteiger partial charge in [0.2, 0.25) is 0 Å². The van der Waals surface area contributed by atoms with E-state index in [2.05, 4.69) is 0 Å². The molecular formula is C31H41F5N4O5. The Bertz CT molecular complexity index is 1530. The quantitative estimate of drug-likeness (QED) is 0.273. The van der Waals surface area contributed by atoms with Gasteiger partial charge in [0.1, 0.15) is 29.8 Å². The molecule has 0 aliphatic heterocycles. The molecule has 1 aromatic heterocycles. The van der Waals surface area contributed by atoms with Gasteiger partial charge in [-0.05, 0) is 38.0 Å². The third-order valence-electron chi connectivity index (χ3n) is 6.11. The van der Waals surface area contributed by atoms with Gasteiger partial charge in [0, 0.05) is 25.5 Å². The molecular weight excluding hydrogens is 603 g/mol. The van der Waals surface area contributed by atoms with Gasteiger partial charge in [-0.1, -0.05) is 64.4 Å². The highest BCUT2D eigenvalue weighted by molar-refractivity contribution is 5.96. The van der Waals surface area contributed by atoms with Gasteiger partial charge in [-0.25, -0.2) is 13.6 Å². The van der Waals surface area contributed by atoms with Gasteiger partial charge in [-0.15, -0.1) is 0 Å². The van der Waals surface area contributed by atoms with Crippen LogP contribution in [0.4, 0.5) is 27.6 Å². The van der Waals surface area contributed by atoms with Gasteiger partial charge >= 0.3 is 17.8 Å². The third-order valence-corrected chi connectivity index (χ3v) is 6.11. The highest BCUT2D eigenvalue weighted by atomic mass is 19.4. The Balaban J connectivity index is 0.000000790. The number of aromatic nitrogens is 2. The first-order valence-electron chi connectivity index (χ1n) is 14.1. The number of hydrogen-bond acceptors (Lipinski definition) is 5. The predicted octanol–water partition coefficient (Wildman–Crippen LogP) is 5.95. The highest BCUT2D eigenvalue weighted by Gasteiger charge is 2.38. The maximum absolute atomic E-state index is 13.8. The number of anilines is 1. The number of carboxylic acid groups (broad SMARTS) is 1. The Morgan fingerprint density at radius 2 is 1.40 bits per heavy atom. The van der Waals surface area contributed by atoms with E-state index in [0.717, 1.165) is 15.7 Å². The molecule has 1 atom stereocenters. The summed E-state index contributed by atoms with van der Waals surface area (Å²) in [5.41, 5.74) is 1.14. The molecule has 0 spiro atoms. The number of alkyl halides is 3. The van der Waals surface area contributed by atoms with Crippen molar-refractivity contribution in [3.8, 4) is 11.1 Å². The Morgan fingerprint density at radius 1 is 0.911 bits per heavy atom. The lowest BCUT2D eigenvalue weighted by molar-refractivity contribution is -0.143. The number of aryl methyl sites for hydroxylation is 1. The van der Waals surface area contributed by atoms with Crippen LogP contribution in [0.3, 0.4) is 0 Å². The van der Waals surface area contributed by atoms with E-state index in [0.29, 0.717) is 23.4 Å².